The lowest BCUT2D eigenvalue weighted by Gasteiger charge is -2.18. The standard InChI is InChI=1S/C59H108O6/c1-4-7-10-13-16-19-22-25-27-29-30-32-34-37-40-43-46-49-52-58(61)64-55-56(54-63-57(60)51-48-45-42-39-36-33-24-21-18-15-12-9-6-3)65-59(62)53-50-47-44-41-38-35-31-28-26-23-20-17-14-11-8-5-2/h28,31,33,35-36,38,56H,4-27,29-30,32,34,37,39-55H2,1-3H3/b31-28-,36-33-,38-35-. The highest BCUT2D eigenvalue weighted by atomic mass is 16.6. The molecule has 0 spiro atoms. The van der Waals surface area contributed by atoms with Crippen LogP contribution >= 0.6 is 0 Å². The molecule has 1 unspecified atom stereocenters. The van der Waals surface area contributed by atoms with E-state index in [0.717, 1.165) is 83.5 Å². The predicted octanol–water partition coefficient (Wildman–Crippen LogP) is 18.9. The van der Waals surface area contributed by atoms with E-state index < -0.39 is 6.10 Å². The third kappa shape index (κ3) is 52.5. The van der Waals surface area contributed by atoms with E-state index in [-0.39, 0.29) is 31.1 Å². The maximum absolute atomic E-state index is 12.8. The zero-order valence-electron chi connectivity index (χ0n) is 43.5. The second kappa shape index (κ2) is 54.2. The van der Waals surface area contributed by atoms with Crippen LogP contribution in [-0.2, 0) is 28.6 Å². The Labute approximate surface area is 404 Å². The molecule has 0 amide bonds. The fourth-order valence-electron chi connectivity index (χ4n) is 8.31. The van der Waals surface area contributed by atoms with Gasteiger partial charge in [0.25, 0.3) is 0 Å². The van der Waals surface area contributed by atoms with Gasteiger partial charge in [0.2, 0.25) is 0 Å². The van der Waals surface area contributed by atoms with Gasteiger partial charge in [0.05, 0.1) is 0 Å². The molecule has 1 atom stereocenters. The molecule has 0 aromatic carbocycles. The predicted molar refractivity (Wildman–Crippen MR) is 279 cm³/mol. The van der Waals surface area contributed by atoms with Crippen LogP contribution in [0.3, 0.4) is 0 Å². The number of rotatable bonds is 52. The van der Waals surface area contributed by atoms with Gasteiger partial charge in [0, 0.05) is 19.3 Å². The summed E-state index contributed by atoms with van der Waals surface area (Å²) in [5, 5.41) is 0. The minimum atomic E-state index is -0.789. The van der Waals surface area contributed by atoms with Crippen LogP contribution in [-0.4, -0.2) is 37.2 Å². The zero-order valence-corrected chi connectivity index (χ0v) is 43.5. The molecule has 0 radical (unpaired) electrons. The molecule has 0 aliphatic rings. The molecule has 6 heteroatoms. The first kappa shape index (κ1) is 62.6. The Bertz CT molecular complexity index is 1090. The second-order valence-corrected chi connectivity index (χ2v) is 19.2. The van der Waals surface area contributed by atoms with E-state index >= 15 is 0 Å². The normalized spacial score (nSPS) is 12.2. The summed E-state index contributed by atoms with van der Waals surface area (Å²) in [6, 6.07) is 0. The van der Waals surface area contributed by atoms with E-state index in [0.29, 0.717) is 19.3 Å². The third-order valence-electron chi connectivity index (χ3n) is 12.6. The average Bonchev–Trinajstić information content (AvgIpc) is 3.30. The first-order valence-corrected chi connectivity index (χ1v) is 28.5. The molecular weight excluding hydrogens is 805 g/mol. The molecule has 65 heavy (non-hydrogen) atoms. The third-order valence-corrected chi connectivity index (χ3v) is 12.6. The molecule has 0 fully saturated rings. The van der Waals surface area contributed by atoms with E-state index in [2.05, 4.69) is 57.2 Å². The van der Waals surface area contributed by atoms with Gasteiger partial charge in [0.15, 0.2) is 6.10 Å². The Morgan fingerprint density at radius 2 is 0.554 bits per heavy atom. The lowest BCUT2D eigenvalue weighted by atomic mass is 10.0. The molecule has 0 aromatic heterocycles. The van der Waals surface area contributed by atoms with Crippen LogP contribution < -0.4 is 0 Å². The van der Waals surface area contributed by atoms with Crippen molar-refractivity contribution in [1.29, 1.82) is 0 Å². The van der Waals surface area contributed by atoms with Gasteiger partial charge in [0.1, 0.15) is 13.2 Å². The van der Waals surface area contributed by atoms with Gasteiger partial charge in [-0.3, -0.25) is 14.4 Å². The highest BCUT2D eigenvalue weighted by molar-refractivity contribution is 5.71. The minimum absolute atomic E-state index is 0.0841. The lowest BCUT2D eigenvalue weighted by molar-refractivity contribution is -0.167. The lowest BCUT2D eigenvalue weighted by Crippen LogP contribution is -2.30. The van der Waals surface area contributed by atoms with E-state index in [1.807, 2.05) is 0 Å². The van der Waals surface area contributed by atoms with Gasteiger partial charge in [-0.15, -0.1) is 0 Å². The average molecular weight is 914 g/mol. The summed E-state index contributed by atoms with van der Waals surface area (Å²) < 4.78 is 16.8. The van der Waals surface area contributed by atoms with E-state index in [9.17, 15) is 14.4 Å². The Morgan fingerprint density at radius 3 is 0.877 bits per heavy atom. The maximum Gasteiger partial charge on any atom is 0.306 e. The summed E-state index contributed by atoms with van der Waals surface area (Å²) in [7, 11) is 0. The smallest absolute Gasteiger partial charge is 0.306 e. The number of allylic oxidation sites excluding steroid dienone is 6. The number of esters is 3. The van der Waals surface area contributed by atoms with Crippen LogP contribution in [0.15, 0.2) is 36.5 Å². The highest BCUT2D eigenvalue weighted by Crippen LogP contribution is 2.16. The fraction of sp³-hybridized carbons (Fsp3) is 0.847. The number of unbranched alkanes of at least 4 members (excludes halogenated alkanes) is 36. The SMILES string of the molecule is CCCCCCCC/C=C\CCCCCC(=O)OCC(COC(=O)CCCCCCCCCCCCCCCCCCCC)OC(=O)CCCCC/C=C\C=C/CCCCCCCCC. The Kier molecular flexibility index (Phi) is 52.3. The molecule has 0 bridgehead atoms. The topological polar surface area (TPSA) is 78.9 Å². The molecule has 0 saturated carbocycles. The summed E-state index contributed by atoms with van der Waals surface area (Å²) in [6.45, 7) is 6.63. The van der Waals surface area contributed by atoms with Gasteiger partial charge in [-0.2, -0.15) is 0 Å². The summed E-state index contributed by atoms with van der Waals surface area (Å²) in [5.41, 5.74) is 0. The molecule has 0 rings (SSSR count). The number of hydrogen-bond donors (Lipinski definition) is 0. The summed E-state index contributed by atoms with van der Waals surface area (Å²) in [5.74, 6) is -0.912. The van der Waals surface area contributed by atoms with Gasteiger partial charge < -0.3 is 14.2 Å². The first-order chi connectivity index (χ1) is 32.0. The highest BCUT2D eigenvalue weighted by Gasteiger charge is 2.19. The molecule has 380 valence electrons. The Hall–Kier alpha value is -2.37. The number of carbonyl (C=O) groups excluding carboxylic acids is 3. The van der Waals surface area contributed by atoms with Crippen molar-refractivity contribution in [3.05, 3.63) is 36.5 Å². The molecule has 0 aliphatic carbocycles. The minimum Gasteiger partial charge on any atom is -0.462 e. The summed E-state index contributed by atoms with van der Waals surface area (Å²) in [4.78, 5) is 38.1. The molecule has 0 aliphatic heterocycles. The van der Waals surface area contributed by atoms with Crippen molar-refractivity contribution in [2.24, 2.45) is 0 Å². The van der Waals surface area contributed by atoms with Crippen LogP contribution in [0, 0.1) is 0 Å². The maximum atomic E-state index is 12.8. The quantitative estimate of drug-likeness (QED) is 0.0199. The second-order valence-electron chi connectivity index (χ2n) is 19.2. The van der Waals surface area contributed by atoms with E-state index in [4.69, 9.17) is 14.2 Å². The van der Waals surface area contributed by atoms with E-state index in [1.165, 1.54) is 180 Å². The monoisotopic (exact) mass is 913 g/mol. The first-order valence-electron chi connectivity index (χ1n) is 28.5. The molecule has 0 saturated heterocycles. The van der Waals surface area contributed by atoms with E-state index in [1.54, 1.807) is 0 Å². The van der Waals surface area contributed by atoms with Gasteiger partial charge >= 0.3 is 17.9 Å². The fourth-order valence-corrected chi connectivity index (χ4v) is 8.31. The Morgan fingerprint density at radius 1 is 0.308 bits per heavy atom. The van der Waals surface area contributed by atoms with Crippen molar-refractivity contribution in [3.63, 3.8) is 0 Å². The van der Waals surface area contributed by atoms with Crippen LogP contribution in [0.2, 0.25) is 0 Å². The molecule has 0 heterocycles. The molecule has 0 N–H and O–H groups in total. The van der Waals surface area contributed by atoms with Crippen molar-refractivity contribution in [2.75, 3.05) is 13.2 Å². The largest absolute Gasteiger partial charge is 0.462 e. The summed E-state index contributed by atoms with van der Waals surface area (Å²) in [6.07, 6.45) is 64.2. The molecule has 0 aromatic rings. The van der Waals surface area contributed by atoms with Crippen molar-refractivity contribution >= 4 is 17.9 Å². The Balaban J connectivity index is 4.38. The number of hydrogen-bond acceptors (Lipinski definition) is 6. The zero-order chi connectivity index (χ0) is 47.2. The molecule has 6 nitrogen and oxygen atoms in total. The van der Waals surface area contributed by atoms with Crippen molar-refractivity contribution in [1.82, 2.24) is 0 Å². The van der Waals surface area contributed by atoms with Crippen LogP contribution in [0.5, 0.6) is 0 Å². The van der Waals surface area contributed by atoms with Crippen LogP contribution in [0.25, 0.3) is 0 Å². The van der Waals surface area contributed by atoms with Crippen LogP contribution in [0.4, 0.5) is 0 Å². The number of ether oxygens (including phenoxy) is 3. The van der Waals surface area contributed by atoms with Crippen LogP contribution in [0.1, 0.15) is 303 Å². The van der Waals surface area contributed by atoms with Crippen molar-refractivity contribution in [3.8, 4) is 0 Å². The van der Waals surface area contributed by atoms with Crippen molar-refractivity contribution in [2.45, 2.75) is 309 Å². The molecular formula is C59H108O6. The van der Waals surface area contributed by atoms with Crippen molar-refractivity contribution < 1.29 is 28.6 Å². The summed E-state index contributed by atoms with van der Waals surface area (Å²) >= 11 is 0. The van der Waals surface area contributed by atoms with Gasteiger partial charge in [-0.1, -0.05) is 250 Å². The number of carbonyl (C=O) groups is 3. The van der Waals surface area contributed by atoms with Gasteiger partial charge in [-0.05, 0) is 70.6 Å². The van der Waals surface area contributed by atoms with Gasteiger partial charge in [-0.25, -0.2) is 0 Å².